The number of nitrogens with one attached hydrogen (secondary N) is 2. The number of alkyl halides is 3. The molecule has 17 heteroatoms. The lowest BCUT2D eigenvalue weighted by Gasteiger charge is -2.28. The van der Waals surface area contributed by atoms with E-state index in [0.717, 1.165) is 4.57 Å². The molecular formula is C19H18BrF4N7O4S. The molecule has 0 aliphatic carbocycles. The molecule has 2 aromatic heterocycles. The molecule has 1 saturated heterocycles. The Balaban J connectivity index is 1.41. The van der Waals surface area contributed by atoms with Crippen molar-refractivity contribution in [1.82, 2.24) is 24.8 Å². The highest BCUT2D eigenvalue weighted by molar-refractivity contribution is 9.10. The molecule has 0 unspecified atom stereocenters. The number of nitrogens with zero attached hydrogens (tertiary/aromatic N) is 5. The summed E-state index contributed by atoms with van der Waals surface area (Å²) in [6, 6.07) is 3.96. The highest BCUT2D eigenvalue weighted by atomic mass is 79.9. The van der Waals surface area contributed by atoms with E-state index < -0.39 is 33.4 Å². The van der Waals surface area contributed by atoms with Crippen LogP contribution < -0.4 is 11.1 Å². The van der Waals surface area contributed by atoms with E-state index in [4.69, 9.17) is 4.52 Å². The van der Waals surface area contributed by atoms with Crippen molar-refractivity contribution in [1.29, 1.82) is 0 Å². The van der Waals surface area contributed by atoms with Crippen molar-refractivity contribution in [3.05, 3.63) is 45.2 Å². The first-order valence-electron chi connectivity index (χ1n) is 10.3. The van der Waals surface area contributed by atoms with E-state index in [1.54, 1.807) is 0 Å². The first-order chi connectivity index (χ1) is 17.0. The van der Waals surface area contributed by atoms with E-state index in [0.29, 0.717) is 30.2 Å². The second kappa shape index (κ2) is 10.1. The number of halogens is 5. The Morgan fingerprint density at radius 3 is 2.69 bits per heavy atom. The molecule has 0 saturated carbocycles. The predicted molar refractivity (Wildman–Crippen MR) is 124 cm³/mol. The first kappa shape index (κ1) is 26.0. The van der Waals surface area contributed by atoms with Crippen LogP contribution in [0.15, 0.2) is 42.5 Å². The fourth-order valence-corrected chi connectivity index (χ4v) is 5.72. The number of H-pyrrole nitrogens is 1. The van der Waals surface area contributed by atoms with Gasteiger partial charge in [-0.25, -0.2) is 18.0 Å². The fraction of sp³-hybridized carbons (Fsp3) is 0.368. The van der Waals surface area contributed by atoms with Crippen molar-refractivity contribution in [3.63, 3.8) is 0 Å². The lowest BCUT2D eigenvalue weighted by molar-refractivity contribution is -0.169. The van der Waals surface area contributed by atoms with Gasteiger partial charge in [-0.15, -0.1) is 0 Å². The average molecular weight is 596 g/mol. The van der Waals surface area contributed by atoms with Gasteiger partial charge in [0.05, 0.1) is 31.6 Å². The highest BCUT2D eigenvalue weighted by Crippen LogP contribution is 2.27. The van der Waals surface area contributed by atoms with Gasteiger partial charge in [-0.1, -0.05) is 5.16 Å². The number of carbonyl (C=O) groups is 1. The van der Waals surface area contributed by atoms with Crippen molar-refractivity contribution in [3.8, 4) is 17.1 Å². The van der Waals surface area contributed by atoms with Gasteiger partial charge < -0.3 is 5.32 Å². The van der Waals surface area contributed by atoms with Gasteiger partial charge in [-0.3, -0.25) is 19.3 Å². The maximum absolute atomic E-state index is 13.6. The number of carbonyl (C=O) groups excluding carboxylic acids is 1. The van der Waals surface area contributed by atoms with Crippen molar-refractivity contribution < 1.29 is 31.1 Å². The Hall–Kier alpha value is -3.05. The summed E-state index contributed by atoms with van der Waals surface area (Å²) in [5, 5.41) is 13.6. The van der Waals surface area contributed by atoms with Crippen LogP contribution in [0.4, 0.5) is 23.4 Å². The van der Waals surface area contributed by atoms with Crippen LogP contribution in [0.25, 0.3) is 17.1 Å². The van der Waals surface area contributed by atoms with Crippen LogP contribution in [-0.4, -0.2) is 78.8 Å². The topological polar surface area (TPSA) is 138 Å². The average Bonchev–Trinajstić information content (AvgIpc) is 3.42. The summed E-state index contributed by atoms with van der Waals surface area (Å²) in [4.78, 5) is 25.2. The molecule has 11 nitrogen and oxygen atoms in total. The monoisotopic (exact) mass is 595 g/mol. The van der Waals surface area contributed by atoms with Crippen LogP contribution in [0.5, 0.6) is 0 Å². The molecule has 0 atom stereocenters. The molecule has 1 aromatic carbocycles. The fourth-order valence-electron chi connectivity index (χ4n) is 3.48. The minimum atomic E-state index is -5.14. The Kier molecular flexibility index (Phi) is 7.33. The van der Waals surface area contributed by atoms with E-state index in [1.807, 2.05) is 4.90 Å². The molecule has 0 radical (unpaired) electrons. The molecule has 3 heterocycles. The van der Waals surface area contributed by atoms with E-state index in [-0.39, 0.29) is 34.9 Å². The molecule has 4 rings (SSSR count). The SMILES string of the molecule is O=C(N=S1(=O)CCN(CCNc2[nH]ncc2-c2noc(=O)n2-c2ccc(F)c(Br)c2)CC1)C(F)(F)F. The van der Waals surface area contributed by atoms with Gasteiger partial charge in [0, 0.05) is 37.7 Å². The van der Waals surface area contributed by atoms with Gasteiger partial charge in [0.2, 0.25) is 0 Å². The van der Waals surface area contributed by atoms with Gasteiger partial charge >= 0.3 is 17.8 Å². The molecule has 1 aliphatic rings. The van der Waals surface area contributed by atoms with E-state index in [1.165, 1.54) is 24.4 Å². The zero-order chi connectivity index (χ0) is 26.1. The third-order valence-electron chi connectivity index (χ3n) is 5.32. The Morgan fingerprint density at radius 2 is 2.03 bits per heavy atom. The smallest absolute Gasteiger partial charge is 0.369 e. The number of benzene rings is 1. The third kappa shape index (κ3) is 5.67. The van der Waals surface area contributed by atoms with Crippen molar-refractivity contribution in [2.75, 3.05) is 43.0 Å². The highest BCUT2D eigenvalue weighted by Gasteiger charge is 2.40. The number of aromatic nitrogens is 4. The lowest BCUT2D eigenvalue weighted by Crippen LogP contribution is -2.42. The van der Waals surface area contributed by atoms with E-state index in [2.05, 4.69) is 41.0 Å². The number of amides is 1. The molecule has 2 N–H and O–H groups in total. The summed E-state index contributed by atoms with van der Waals surface area (Å²) >= 11 is 3.08. The number of hydrogen-bond donors (Lipinski definition) is 2. The molecule has 0 spiro atoms. The molecule has 194 valence electrons. The minimum Gasteiger partial charge on any atom is -0.369 e. The zero-order valence-corrected chi connectivity index (χ0v) is 20.6. The normalized spacial score (nSPS) is 16.1. The molecule has 36 heavy (non-hydrogen) atoms. The van der Waals surface area contributed by atoms with Crippen LogP contribution in [0, 0.1) is 5.82 Å². The van der Waals surface area contributed by atoms with Crippen LogP contribution in [-0.2, 0) is 14.5 Å². The number of aromatic amines is 1. The largest absolute Gasteiger partial charge is 0.474 e. The Labute approximate surface area is 209 Å². The number of rotatable bonds is 6. The summed E-state index contributed by atoms with van der Waals surface area (Å²) in [7, 11) is -3.25. The molecule has 0 bridgehead atoms. The quantitative estimate of drug-likeness (QED) is 0.414. The number of hydrogen-bond acceptors (Lipinski definition) is 8. The first-order valence-corrected chi connectivity index (χ1v) is 13.0. The molecule has 1 amide bonds. The zero-order valence-electron chi connectivity index (χ0n) is 18.2. The van der Waals surface area contributed by atoms with E-state index in [9.17, 15) is 31.4 Å². The minimum absolute atomic E-state index is 0.114. The van der Waals surface area contributed by atoms with Crippen molar-refractivity contribution >= 4 is 37.4 Å². The lowest BCUT2D eigenvalue weighted by atomic mass is 10.2. The van der Waals surface area contributed by atoms with Gasteiger partial charge in [0.1, 0.15) is 11.6 Å². The van der Waals surface area contributed by atoms with Gasteiger partial charge in [-0.05, 0) is 34.1 Å². The van der Waals surface area contributed by atoms with Gasteiger partial charge in [-0.2, -0.15) is 22.6 Å². The van der Waals surface area contributed by atoms with Crippen molar-refractivity contribution in [2.45, 2.75) is 6.18 Å². The Morgan fingerprint density at radius 1 is 1.31 bits per heavy atom. The molecule has 3 aromatic rings. The maximum atomic E-state index is 13.6. The standard InChI is InChI=1S/C19H18BrF4N7O4S/c20-13-9-11(1-2-14(13)21)31-16(28-35-18(31)33)12-10-26-27-15(12)25-3-4-30-5-7-36(34,8-6-30)29-17(32)19(22,23)24/h1-2,9-10H,3-8H2,(H2,25,26,27). The molecular weight excluding hydrogens is 578 g/mol. The number of anilines is 1. The predicted octanol–water partition coefficient (Wildman–Crippen LogP) is 2.40. The summed E-state index contributed by atoms with van der Waals surface area (Å²) in [6.45, 7) is 1.18. The summed E-state index contributed by atoms with van der Waals surface area (Å²) in [6.07, 6.45) is -3.72. The van der Waals surface area contributed by atoms with Gasteiger partial charge in [0.15, 0.2) is 5.82 Å². The second-order valence-electron chi connectivity index (χ2n) is 7.71. The van der Waals surface area contributed by atoms with Gasteiger partial charge in [0.25, 0.3) is 0 Å². The van der Waals surface area contributed by atoms with E-state index >= 15 is 0 Å². The van der Waals surface area contributed by atoms with Crippen LogP contribution in [0.3, 0.4) is 0 Å². The van der Waals surface area contributed by atoms with Crippen LogP contribution in [0.1, 0.15) is 0 Å². The second-order valence-corrected chi connectivity index (χ2v) is 11.1. The maximum Gasteiger partial charge on any atom is 0.474 e. The molecule has 1 aliphatic heterocycles. The van der Waals surface area contributed by atoms with Crippen molar-refractivity contribution in [2.24, 2.45) is 4.36 Å². The van der Waals surface area contributed by atoms with Crippen LogP contribution in [0.2, 0.25) is 0 Å². The summed E-state index contributed by atoms with van der Waals surface area (Å²) in [5.74, 6) is -3.40. The van der Waals surface area contributed by atoms with Crippen LogP contribution >= 0.6 is 15.9 Å². The molecule has 1 fully saturated rings. The Bertz CT molecular complexity index is 1440. The summed E-state index contributed by atoms with van der Waals surface area (Å²) in [5.41, 5.74) is 0.704. The summed E-state index contributed by atoms with van der Waals surface area (Å²) < 4.78 is 72.4. The third-order valence-corrected chi connectivity index (χ3v) is 8.07.